The third-order valence-electron chi connectivity index (χ3n) is 5.14. The van der Waals surface area contributed by atoms with Gasteiger partial charge in [-0.3, -0.25) is 9.69 Å². The van der Waals surface area contributed by atoms with Crippen LogP contribution in [0, 0.1) is 6.92 Å². The number of benzene rings is 1. The number of aromatic nitrogens is 5. The quantitative estimate of drug-likeness (QED) is 0.712. The molecule has 1 aliphatic heterocycles. The molecule has 1 fully saturated rings. The number of nitrogens with one attached hydrogen (secondary N) is 1. The lowest BCUT2D eigenvalue weighted by atomic mass is 10.0. The number of aromatic amines is 1. The SMILES string of the molecule is COCCn1nnnc1C(c1cc2ccc(C)cc2[nH]c1=O)N1CCCC1. The van der Waals surface area contributed by atoms with Gasteiger partial charge in [-0.2, -0.15) is 0 Å². The Bertz CT molecular complexity index is 989. The van der Waals surface area contributed by atoms with Gasteiger partial charge < -0.3 is 9.72 Å². The molecular formula is C19H24N6O2. The molecule has 2 aromatic heterocycles. The fourth-order valence-electron chi connectivity index (χ4n) is 3.78. The van der Waals surface area contributed by atoms with Crippen LogP contribution in [0.3, 0.4) is 0 Å². The molecule has 3 aromatic rings. The summed E-state index contributed by atoms with van der Waals surface area (Å²) in [6, 6.07) is 7.80. The Hall–Kier alpha value is -2.58. The van der Waals surface area contributed by atoms with E-state index in [1.165, 1.54) is 0 Å². The second-order valence-corrected chi connectivity index (χ2v) is 7.04. The van der Waals surface area contributed by atoms with Crippen molar-refractivity contribution in [3.8, 4) is 0 Å². The topological polar surface area (TPSA) is 88.9 Å². The highest BCUT2D eigenvalue weighted by molar-refractivity contribution is 5.79. The highest BCUT2D eigenvalue weighted by atomic mass is 16.5. The van der Waals surface area contributed by atoms with E-state index in [1.54, 1.807) is 11.8 Å². The number of likely N-dealkylation sites (tertiary alicyclic amines) is 1. The molecule has 0 radical (unpaired) electrons. The molecule has 1 aromatic carbocycles. The molecule has 3 heterocycles. The van der Waals surface area contributed by atoms with Crippen molar-refractivity contribution in [3.63, 3.8) is 0 Å². The molecule has 1 saturated heterocycles. The Morgan fingerprint density at radius 3 is 2.85 bits per heavy atom. The summed E-state index contributed by atoms with van der Waals surface area (Å²) >= 11 is 0. The van der Waals surface area contributed by atoms with Crippen LogP contribution < -0.4 is 5.56 Å². The van der Waals surface area contributed by atoms with E-state index in [4.69, 9.17) is 4.74 Å². The minimum atomic E-state index is -0.270. The van der Waals surface area contributed by atoms with Crippen LogP contribution in [0.4, 0.5) is 0 Å². The van der Waals surface area contributed by atoms with Gasteiger partial charge in [0.1, 0.15) is 6.04 Å². The number of methoxy groups -OCH3 is 1. The summed E-state index contributed by atoms with van der Waals surface area (Å²) in [4.78, 5) is 18.3. The number of fused-ring (bicyclic) bond motifs is 1. The van der Waals surface area contributed by atoms with Crippen molar-refractivity contribution in [1.29, 1.82) is 0 Å². The minimum absolute atomic E-state index is 0.0914. The Labute approximate surface area is 157 Å². The van der Waals surface area contributed by atoms with Crippen molar-refractivity contribution >= 4 is 10.9 Å². The molecule has 142 valence electrons. The number of aryl methyl sites for hydroxylation is 1. The number of pyridine rings is 1. The average molecular weight is 368 g/mol. The lowest BCUT2D eigenvalue weighted by molar-refractivity contribution is 0.178. The van der Waals surface area contributed by atoms with Gasteiger partial charge in [0.2, 0.25) is 0 Å². The molecule has 4 rings (SSSR count). The molecular weight excluding hydrogens is 344 g/mol. The van der Waals surface area contributed by atoms with Gasteiger partial charge in [0.15, 0.2) is 5.82 Å². The lowest BCUT2D eigenvalue weighted by Gasteiger charge is -2.26. The van der Waals surface area contributed by atoms with Gasteiger partial charge in [-0.1, -0.05) is 12.1 Å². The first-order chi connectivity index (χ1) is 13.2. The highest BCUT2D eigenvalue weighted by Crippen LogP contribution is 2.29. The lowest BCUT2D eigenvalue weighted by Crippen LogP contribution is -2.33. The van der Waals surface area contributed by atoms with Crippen LogP contribution in [-0.2, 0) is 11.3 Å². The van der Waals surface area contributed by atoms with E-state index in [0.717, 1.165) is 42.4 Å². The van der Waals surface area contributed by atoms with E-state index in [9.17, 15) is 4.79 Å². The zero-order valence-electron chi connectivity index (χ0n) is 15.7. The van der Waals surface area contributed by atoms with Crippen LogP contribution in [0.2, 0.25) is 0 Å². The molecule has 27 heavy (non-hydrogen) atoms. The van der Waals surface area contributed by atoms with Crippen LogP contribution in [0.5, 0.6) is 0 Å². The molecule has 0 spiro atoms. The summed E-state index contributed by atoms with van der Waals surface area (Å²) in [5.41, 5.74) is 2.56. The molecule has 0 amide bonds. The van der Waals surface area contributed by atoms with Gasteiger partial charge in [0, 0.05) is 18.2 Å². The average Bonchev–Trinajstić information content (AvgIpc) is 3.33. The van der Waals surface area contributed by atoms with E-state index < -0.39 is 0 Å². The molecule has 1 unspecified atom stereocenters. The Morgan fingerprint density at radius 1 is 1.26 bits per heavy atom. The van der Waals surface area contributed by atoms with Gasteiger partial charge in [-0.05, 0) is 66.4 Å². The molecule has 8 nitrogen and oxygen atoms in total. The highest BCUT2D eigenvalue weighted by Gasteiger charge is 2.31. The molecule has 0 saturated carbocycles. The number of tetrazole rings is 1. The third kappa shape index (κ3) is 3.50. The maximum atomic E-state index is 13.0. The number of ether oxygens (including phenoxy) is 1. The van der Waals surface area contributed by atoms with Crippen molar-refractivity contribution in [3.05, 3.63) is 51.6 Å². The van der Waals surface area contributed by atoms with Crippen molar-refractivity contribution in [2.45, 2.75) is 32.4 Å². The maximum absolute atomic E-state index is 13.0. The number of H-pyrrole nitrogens is 1. The van der Waals surface area contributed by atoms with Crippen molar-refractivity contribution in [2.75, 3.05) is 26.8 Å². The second kappa shape index (κ2) is 7.58. The van der Waals surface area contributed by atoms with Gasteiger partial charge in [-0.15, -0.1) is 5.10 Å². The smallest absolute Gasteiger partial charge is 0.253 e. The maximum Gasteiger partial charge on any atom is 0.253 e. The summed E-state index contributed by atoms with van der Waals surface area (Å²) in [6.07, 6.45) is 2.22. The number of nitrogens with zero attached hydrogens (tertiary/aromatic N) is 5. The van der Waals surface area contributed by atoms with Crippen LogP contribution in [0.15, 0.2) is 29.1 Å². The summed E-state index contributed by atoms with van der Waals surface area (Å²) in [7, 11) is 1.65. The van der Waals surface area contributed by atoms with Crippen LogP contribution in [0.25, 0.3) is 10.9 Å². The zero-order valence-corrected chi connectivity index (χ0v) is 15.7. The minimum Gasteiger partial charge on any atom is -0.383 e. The molecule has 8 heteroatoms. The summed E-state index contributed by atoms with van der Waals surface area (Å²) in [5, 5.41) is 13.3. The normalized spacial score (nSPS) is 16.2. The van der Waals surface area contributed by atoms with E-state index in [0.29, 0.717) is 24.5 Å². The number of hydrogen-bond acceptors (Lipinski definition) is 6. The first kappa shape index (κ1) is 17.8. The molecule has 1 atom stereocenters. The van der Waals surface area contributed by atoms with E-state index in [-0.39, 0.29) is 11.6 Å². The number of rotatable bonds is 6. The van der Waals surface area contributed by atoms with E-state index in [2.05, 4.69) is 31.5 Å². The first-order valence-electron chi connectivity index (χ1n) is 9.30. The fourth-order valence-corrected chi connectivity index (χ4v) is 3.78. The summed E-state index contributed by atoms with van der Waals surface area (Å²) in [5.74, 6) is 0.686. The standard InChI is InChI=1S/C19H24N6O2/c1-13-5-6-14-12-15(19(26)20-16(14)11-13)17(24-7-3-4-8-24)18-21-22-23-25(18)9-10-27-2/h5-6,11-12,17H,3-4,7-10H2,1-2H3,(H,20,26). The second-order valence-electron chi connectivity index (χ2n) is 7.04. The van der Waals surface area contributed by atoms with Crippen LogP contribution in [0.1, 0.15) is 35.8 Å². The van der Waals surface area contributed by atoms with Crippen LogP contribution in [-0.4, -0.2) is 56.9 Å². The van der Waals surface area contributed by atoms with Crippen LogP contribution >= 0.6 is 0 Å². The van der Waals surface area contributed by atoms with Gasteiger partial charge in [0.25, 0.3) is 5.56 Å². The predicted molar refractivity (Wildman–Crippen MR) is 102 cm³/mol. The molecule has 1 aliphatic rings. The Morgan fingerprint density at radius 2 is 2.07 bits per heavy atom. The van der Waals surface area contributed by atoms with Gasteiger partial charge >= 0.3 is 0 Å². The molecule has 0 aliphatic carbocycles. The Kier molecular flexibility index (Phi) is 5.00. The monoisotopic (exact) mass is 368 g/mol. The third-order valence-corrected chi connectivity index (χ3v) is 5.14. The zero-order chi connectivity index (χ0) is 18.8. The van der Waals surface area contributed by atoms with Gasteiger partial charge in [-0.25, -0.2) is 4.68 Å². The van der Waals surface area contributed by atoms with Crippen molar-refractivity contribution in [2.24, 2.45) is 0 Å². The number of hydrogen-bond donors (Lipinski definition) is 1. The van der Waals surface area contributed by atoms with E-state index >= 15 is 0 Å². The van der Waals surface area contributed by atoms with Crippen molar-refractivity contribution < 1.29 is 4.74 Å². The first-order valence-corrected chi connectivity index (χ1v) is 9.30. The molecule has 1 N–H and O–H groups in total. The van der Waals surface area contributed by atoms with Crippen molar-refractivity contribution in [1.82, 2.24) is 30.1 Å². The fraction of sp³-hybridized carbons (Fsp3) is 0.474. The molecule has 0 bridgehead atoms. The summed E-state index contributed by atoms with van der Waals surface area (Å²) in [6.45, 7) is 4.93. The Balaban J connectivity index is 1.83. The van der Waals surface area contributed by atoms with Gasteiger partial charge in [0.05, 0.1) is 13.2 Å². The largest absolute Gasteiger partial charge is 0.383 e. The predicted octanol–water partition coefficient (Wildman–Crippen LogP) is 1.65. The van der Waals surface area contributed by atoms with E-state index in [1.807, 2.05) is 25.1 Å². The summed E-state index contributed by atoms with van der Waals surface area (Å²) < 4.78 is 6.92.